The summed E-state index contributed by atoms with van der Waals surface area (Å²) in [5, 5.41) is 11.9. The summed E-state index contributed by atoms with van der Waals surface area (Å²) in [4.78, 5) is 5.87. The van der Waals surface area contributed by atoms with Crippen LogP contribution in [0.3, 0.4) is 0 Å². The Morgan fingerprint density at radius 1 is 1.46 bits per heavy atom. The number of aryl methyl sites for hydroxylation is 1. The molecule has 4 heteroatoms. The lowest BCUT2D eigenvalue weighted by atomic mass is 10.2. The standard InChI is InChI=1S/C9H9NOS2/c1-6-2-3-12-9(6)8(11)7-4-10-5-13-7/h2-5,8,11H,1H3. The molecule has 0 spiro atoms. The lowest BCUT2D eigenvalue weighted by Crippen LogP contribution is -1.95. The average Bonchev–Trinajstić information content (AvgIpc) is 2.72. The molecule has 0 aliphatic heterocycles. The second-order valence-electron chi connectivity index (χ2n) is 2.77. The zero-order chi connectivity index (χ0) is 9.26. The van der Waals surface area contributed by atoms with Crippen molar-refractivity contribution >= 4 is 22.7 Å². The van der Waals surface area contributed by atoms with Crippen molar-refractivity contribution in [3.63, 3.8) is 0 Å². The summed E-state index contributed by atoms with van der Waals surface area (Å²) in [6.07, 6.45) is 1.22. The van der Waals surface area contributed by atoms with E-state index in [1.165, 1.54) is 11.3 Å². The Balaban J connectivity index is 2.33. The van der Waals surface area contributed by atoms with Gasteiger partial charge in [-0.3, -0.25) is 4.98 Å². The topological polar surface area (TPSA) is 33.1 Å². The van der Waals surface area contributed by atoms with Crippen LogP contribution in [0.25, 0.3) is 0 Å². The fourth-order valence-corrected chi connectivity index (χ4v) is 2.77. The molecule has 0 saturated heterocycles. The van der Waals surface area contributed by atoms with E-state index in [0.29, 0.717) is 0 Å². The van der Waals surface area contributed by atoms with Crippen molar-refractivity contribution in [2.24, 2.45) is 0 Å². The molecule has 2 nitrogen and oxygen atoms in total. The van der Waals surface area contributed by atoms with E-state index in [1.54, 1.807) is 23.0 Å². The fourth-order valence-electron chi connectivity index (χ4n) is 1.15. The van der Waals surface area contributed by atoms with Crippen LogP contribution in [0.4, 0.5) is 0 Å². The Labute approximate surface area is 84.5 Å². The van der Waals surface area contributed by atoms with Crippen molar-refractivity contribution in [3.8, 4) is 0 Å². The Hall–Kier alpha value is -0.710. The SMILES string of the molecule is Cc1ccsc1C(O)c1cncs1. The monoisotopic (exact) mass is 211 g/mol. The lowest BCUT2D eigenvalue weighted by Gasteiger charge is -2.05. The minimum absolute atomic E-state index is 0.493. The van der Waals surface area contributed by atoms with E-state index in [4.69, 9.17) is 0 Å². The molecule has 2 rings (SSSR count). The molecule has 0 saturated carbocycles. The average molecular weight is 211 g/mol. The molecule has 0 radical (unpaired) electrons. The first kappa shape index (κ1) is 8.87. The predicted molar refractivity (Wildman–Crippen MR) is 55.2 cm³/mol. The Morgan fingerprint density at radius 3 is 2.85 bits per heavy atom. The van der Waals surface area contributed by atoms with Crippen molar-refractivity contribution in [1.82, 2.24) is 4.98 Å². The second kappa shape index (κ2) is 3.57. The Kier molecular flexibility index (Phi) is 2.44. The van der Waals surface area contributed by atoms with E-state index in [0.717, 1.165) is 15.3 Å². The summed E-state index contributed by atoms with van der Waals surface area (Å²) in [5.74, 6) is 0. The maximum Gasteiger partial charge on any atom is 0.124 e. The first-order valence-electron chi connectivity index (χ1n) is 3.89. The molecule has 13 heavy (non-hydrogen) atoms. The van der Waals surface area contributed by atoms with E-state index in [9.17, 15) is 5.11 Å². The van der Waals surface area contributed by atoms with Crippen LogP contribution < -0.4 is 0 Å². The van der Waals surface area contributed by atoms with E-state index < -0.39 is 6.10 Å². The molecule has 1 N–H and O–H groups in total. The number of nitrogens with zero attached hydrogens (tertiary/aromatic N) is 1. The highest BCUT2D eigenvalue weighted by molar-refractivity contribution is 7.11. The summed E-state index contributed by atoms with van der Waals surface area (Å²) >= 11 is 3.07. The van der Waals surface area contributed by atoms with Gasteiger partial charge in [-0.05, 0) is 23.9 Å². The minimum atomic E-state index is -0.493. The largest absolute Gasteiger partial charge is 0.382 e. The fraction of sp³-hybridized carbons (Fsp3) is 0.222. The molecule has 0 aromatic carbocycles. The third-order valence-electron chi connectivity index (χ3n) is 1.87. The summed E-state index contributed by atoms with van der Waals surface area (Å²) < 4.78 is 0. The predicted octanol–water partition coefficient (Wildman–Crippen LogP) is 2.59. The van der Waals surface area contributed by atoms with Crippen LogP contribution in [-0.2, 0) is 0 Å². The van der Waals surface area contributed by atoms with Gasteiger partial charge in [0.2, 0.25) is 0 Å². The first-order valence-corrected chi connectivity index (χ1v) is 5.65. The van der Waals surface area contributed by atoms with Gasteiger partial charge in [0.25, 0.3) is 0 Å². The van der Waals surface area contributed by atoms with Gasteiger partial charge >= 0.3 is 0 Å². The van der Waals surface area contributed by atoms with Gasteiger partial charge in [0.15, 0.2) is 0 Å². The third kappa shape index (κ3) is 1.65. The van der Waals surface area contributed by atoms with E-state index >= 15 is 0 Å². The summed E-state index contributed by atoms with van der Waals surface area (Å²) in [7, 11) is 0. The van der Waals surface area contributed by atoms with E-state index in [1.807, 2.05) is 18.4 Å². The second-order valence-corrected chi connectivity index (χ2v) is 4.64. The van der Waals surface area contributed by atoms with Gasteiger partial charge < -0.3 is 5.11 Å². The molecule has 68 valence electrons. The molecule has 2 aromatic heterocycles. The zero-order valence-electron chi connectivity index (χ0n) is 7.10. The third-order valence-corrected chi connectivity index (χ3v) is 3.77. The quantitative estimate of drug-likeness (QED) is 0.828. The first-order chi connectivity index (χ1) is 6.29. The van der Waals surface area contributed by atoms with Crippen LogP contribution in [0.15, 0.2) is 23.2 Å². The molecule has 2 heterocycles. The highest BCUT2D eigenvalue weighted by Crippen LogP contribution is 2.30. The van der Waals surface area contributed by atoms with Crippen LogP contribution in [-0.4, -0.2) is 10.1 Å². The number of aliphatic hydroxyl groups excluding tert-OH is 1. The van der Waals surface area contributed by atoms with E-state index in [-0.39, 0.29) is 0 Å². The Bertz CT molecular complexity index is 380. The molecule has 0 aliphatic carbocycles. The van der Waals surface area contributed by atoms with Gasteiger partial charge in [-0.25, -0.2) is 0 Å². The number of aliphatic hydroxyl groups is 1. The summed E-state index contributed by atoms with van der Waals surface area (Å²) in [5.41, 5.74) is 2.88. The van der Waals surface area contributed by atoms with Gasteiger partial charge in [-0.2, -0.15) is 0 Å². The highest BCUT2D eigenvalue weighted by Gasteiger charge is 2.14. The number of aromatic nitrogens is 1. The molecular formula is C9H9NOS2. The normalized spacial score (nSPS) is 13.1. The molecule has 1 unspecified atom stereocenters. The number of rotatable bonds is 2. The van der Waals surface area contributed by atoms with Gasteiger partial charge in [-0.15, -0.1) is 22.7 Å². The van der Waals surface area contributed by atoms with Crippen molar-refractivity contribution in [2.75, 3.05) is 0 Å². The van der Waals surface area contributed by atoms with Crippen LogP contribution in [0.1, 0.15) is 21.4 Å². The molecule has 0 fully saturated rings. The van der Waals surface area contributed by atoms with E-state index in [2.05, 4.69) is 4.98 Å². The van der Waals surface area contributed by atoms with Crippen molar-refractivity contribution in [2.45, 2.75) is 13.0 Å². The molecule has 0 amide bonds. The smallest absolute Gasteiger partial charge is 0.124 e. The molecule has 0 bridgehead atoms. The Morgan fingerprint density at radius 2 is 2.31 bits per heavy atom. The number of thiophene rings is 1. The number of hydrogen-bond donors (Lipinski definition) is 1. The van der Waals surface area contributed by atoms with Crippen molar-refractivity contribution < 1.29 is 5.11 Å². The van der Waals surface area contributed by atoms with Gasteiger partial charge in [0.1, 0.15) is 6.10 Å². The number of hydrogen-bond acceptors (Lipinski definition) is 4. The van der Waals surface area contributed by atoms with Crippen LogP contribution in [0.2, 0.25) is 0 Å². The molecule has 2 aromatic rings. The minimum Gasteiger partial charge on any atom is -0.382 e. The zero-order valence-corrected chi connectivity index (χ0v) is 8.73. The molecular weight excluding hydrogens is 202 g/mol. The van der Waals surface area contributed by atoms with Crippen LogP contribution >= 0.6 is 22.7 Å². The van der Waals surface area contributed by atoms with Crippen LogP contribution in [0.5, 0.6) is 0 Å². The van der Waals surface area contributed by atoms with Crippen molar-refractivity contribution in [3.05, 3.63) is 38.5 Å². The summed E-state index contributed by atoms with van der Waals surface area (Å²) in [6.45, 7) is 2.01. The summed E-state index contributed by atoms with van der Waals surface area (Å²) in [6, 6.07) is 2.02. The highest BCUT2D eigenvalue weighted by atomic mass is 32.1. The van der Waals surface area contributed by atoms with Gasteiger partial charge in [-0.1, -0.05) is 0 Å². The van der Waals surface area contributed by atoms with Crippen molar-refractivity contribution in [1.29, 1.82) is 0 Å². The maximum atomic E-state index is 9.93. The maximum absolute atomic E-state index is 9.93. The van der Waals surface area contributed by atoms with Gasteiger partial charge in [0, 0.05) is 11.1 Å². The lowest BCUT2D eigenvalue weighted by molar-refractivity contribution is 0.227. The molecule has 0 aliphatic rings. The molecule has 1 atom stereocenters. The van der Waals surface area contributed by atoms with Gasteiger partial charge in [0.05, 0.1) is 10.4 Å². The van der Waals surface area contributed by atoms with Crippen LogP contribution in [0, 0.1) is 6.92 Å². The number of thiazole rings is 1.